The van der Waals surface area contributed by atoms with Crippen LogP contribution in [0.15, 0.2) is 33.2 Å². The van der Waals surface area contributed by atoms with E-state index in [-0.39, 0.29) is 5.92 Å². The zero-order valence-corrected chi connectivity index (χ0v) is 14.3. The number of nitrogens with zero attached hydrogens (tertiary/aromatic N) is 2. The highest BCUT2D eigenvalue weighted by atomic mass is 79.9. The minimum atomic E-state index is 0.229. The lowest BCUT2D eigenvalue weighted by atomic mass is 10.2. The summed E-state index contributed by atoms with van der Waals surface area (Å²) in [4.78, 5) is 8.66. The number of halogens is 3. The Hall–Kier alpha value is -0.650. The van der Waals surface area contributed by atoms with Gasteiger partial charge in [-0.1, -0.05) is 41.4 Å². The molecule has 2 aromatic rings. The number of anilines is 2. The van der Waals surface area contributed by atoms with E-state index in [0.717, 1.165) is 20.5 Å². The molecule has 0 saturated heterocycles. The van der Waals surface area contributed by atoms with Gasteiger partial charge in [0, 0.05) is 20.9 Å². The van der Waals surface area contributed by atoms with Crippen molar-refractivity contribution in [3.05, 3.63) is 44.2 Å². The Labute approximate surface area is 134 Å². The maximum atomic E-state index is 6.01. The molecule has 0 bridgehead atoms. The molecule has 0 atom stereocenters. The number of benzene rings is 1. The lowest BCUT2D eigenvalue weighted by Crippen LogP contribution is -2.02. The van der Waals surface area contributed by atoms with Gasteiger partial charge in [-0.25, -0.2) is 9.97 Å². The number of aromatic nitrogens is 2. The average molecular weight is 406 g/mol. The van der Waals surface area contributed by atoms with Crippen LogP contribution in [-0.4, -0.2) is 9.97 Å². The van der Waals surface area contributed by atoms with Crippen molar-refractivity contribution >= 4 is 55.0 Å². The fourth-order valence-electron chi connectivity index (χ4n) is 1.49. The van der Waals surface area contributed by atoms with Crippen LogP contribution in [-0.2, 0) is 0 Å². The normalized spacial score (nSPS) is 10.8. The van der Waals surface area contributed by atoms with Gasteiger partial charge in [0.2, 0.25) is 0 Å². The molecule has 2 rings (SSSR count). The van der Waals surface area contributed by atoms with Gasteiger partial charge < -0.3 is 5.32 Å². The Morgan fingerprint density at radius 2 is 1.89 bits per heavy atom. The standard InChI is InChI=1S/C13H12Br2ClN3/c1-7(2)13-18-11(16)6-12(19-13)17-10-4-3-8(14)5-9(10)15/h3-7H,1-2H3,(H,17,18,19). The van der Waals surface area contributed by atoms with Crippen molar-refractivity contribution in [2.75, 3.05) is 5.32 Å². The smallest absolute Gasteiger partial charge is 0.135 e. The molecule has 3 nitrogen and oxygen atoms in total. The summed E-state index contributed by atoms with van der Waals surface area (Å²) in [7, 11) is 0. The third kappa shape index (κ3) is 3.91. The van der Waals surface area contributed by atoms with Crippen LogP contribution in [0.25, 0.3) is 0 Å². The van der Waals surface area contributed by atoms with Gasteiger partial charge in [-0.15, -0.1) is 0 Å². The molecule has 0 radical (unpaired) electrons. The van der Waals surface area contributed by atoms with Gasteiger partial charge in [0.15, 0.2) is 0 Å². The molecular weight excluding hydrogens is 393 g/mol. The predicted molar refractivity (Wildman–Crippen MR) is 86.3 cm³/mol. The second kappa shape index (κ2) is 6.20. The molecule has 0 unspecified atom stereocenters. The molecule has 1 aromatic carbocycles. The first-order chi connectivity index (χ1) is 8.95. The third-order valence-corrected chi connectivity index (χ3v) is 3.77. The van der Waals surface area contributed by atoms with Crippen molar-refractivity contribution in [2.24, 2.45) is 0 Å². The zero-order chi connectivity index (χ0) is 14.0. The van der Waals surface area contributed by atoms with Crippen molar-refractivity contribution in [3.8, 4) is 0 Å². The summed E-state index contributed by atoms with van der Waals surface area (Å²) >= 11 is 12.9. The van der Waals surface area contributed by atoms with Crippen molar-refractivity contribution in [2.45, 2.75) is 19.8 Å². The van der Waals surface area contributed by atoms with Gasteiger partial charge in [-0.2, -0.15) is 0 Å². The number of hydrogen-bond donors (Lipinski definition) is 1. The lowest BCUT2D eigenvalue weighted by Gasteiger charge is -2.11. The summed E-state index contributed by atoms with van der Waals surface area (Å²) in [5.74, 6) is 1.64. The molecule has 6 heteroatoms. The third-order valence-electron chi connectivity index (χ3n) is 2.42. The van der Waals surface area contributed by atoms with E-state index in [1.807, 2.05) is 32.0 Å². The van der Waals surface area contributed by atoms with Crippen molar-refractivity contribution in [1.29, 1.82) is 0 Å². The molecule has 1 N–H and O–H groups in total. The van der Waals surface area contributed by atoms with Crippen LogP contribution in [0.2, 0.25) is 5.15 Å². The van der Waals surface area contributed by atoms with Crippen LogP contribution in [0.3, 0.4) is 0 Å². The first-order valence-corrected chi connectivity index (χ1v) is 7.68. The van der Waals surface area contributed by atoms with Crippen LogP contribution in [0.4, 0.5) is 11.5 Å². The Morgan fingerprint density at radius 3 is 2.53 bits per heavy atom. The van der Waals surface area contributed by atoms with E-state index in [1.54, 1.807) is 6.07 Å². The van der Waals surface area contributed by atoms with E-state index in [2.05, 4.69) is 47.1 Å². The van der Waals surface area contributed by atoms with Crippen LogP contribution >= 0.6 is 43.5 Å². The van der Waals surface area contributed by atoms with Crippen LogP contribution in [0.5, 0.6) is 0 Å². The van der Waals surface area contributed by atoms with Gasteiger partial charge in [0.25, 0.3) is 0 Å². The molecule has 100 valence electrons. The van der Waals surface area contributed by atoms with E-state index in [0.29, 0.717) is 11.0 Å². The number of nitrogens with one attached hydrogen (secondary N) is 1. The highest BCUT2D eigenvalue weighted by molar-refractivity contribution is 9.11. The maximum Gasteiger partial charge on any atom is 0.135 e. The van der Waals surface area contributed by atoms with E-state index in [4.69, 9.17) is 11.6 Å². The first-order valence-electron chi connectivity index (χ1n) is 5.72. The minimum absolute atomic E-state index is 0.229. The van der Waals surface area contributed by atoms with Gasteiger partial charge >= 0.3 is 0 Å². The van der Waals surface area contributed by atoms with Gasteiger partial charge in [0.1, 0.15) is 16.8 Å². The van der Waals surface area contributed by atoms with E-state index >= 15 is 0 Å². The summed E-state index contributed by atoms with van der Waals surface area (Å²) in [6, 6.07) is 7.59. The fourth-order valence-corrected chi connectivity index (χ4v) is 2.82. The minimum Gasteiger partial charge on any atom is -0.339 e. The lowest BCUT2D eigenvalue weighted by molar-refractivity contribution is 0.776. The van der Waals surface area contributed by atoms with Crippen LogP contribution in [0, 0.1) is 0 Å². The molecule has 0 saturated carbocycles. The molecule has 0 aliphatic heterocycles. The van der Waals surface area contributed by atoms with Gasteiger partial charge in [-0.3, -0.25) is 0 Å². The highest BCUT2D eigenvalue weighted by Crippen LogP contribution is 2.29. The highest BCUT2D eigenvalue weighted by Gasteiger charge is 2.08. The predicted octanol–water partition coefficient (Wildman–Crippen LogP) is 5.52. The van der Waals surface area contributed by atoms with Crippen molar-refractivity contribution in [3.63, 3.8) is 0 Å². The number of rotatable bonds is 3. The Balaban J connectivity index is 2.32. The Kier molecular flexibility index (Phi) is 4.81. The van der Waals surface area contributed by atoms with Crippen LogP contribution < -0.4 is 5.32 Å². The second-order valence-electron chi connectivity index (χ2n) is 4.34. The number of hydrogen-bond acceptors (Lipinski definition) is 3. The topological polar surface area (TPSA) is 37.8 Å². The molecule has 0 fully saturated rings. The molecule has 0 spiro atoms. The van der Waals surface area contributed by atoms with Gasteiger partial charge in [-0.05, 0) is 34.1 Å². The van der Waals surface area contributed by atoms with Crippen LogP contribution in [0.1, 0.15) is 25.6 Å². The maximum absolute atomic E-state index is 6.01. The summed E-state index contributed by atoms with van der Waals surface area (Å²) in [5.41, 5.74) is 0.924. The summed E-state index contributed by atoms with van der Waals surface area (Å²) in [5, 5.41) is 3.67. The SMILES string of the molecule is CC(C)c1nc(Cl)cc(Nc2ccc(Br)cc2Br)n1. The largest absolute Gasteiger partial charge is 0.339 e. The van der Waals surface area contributed by atoms with E-state index < -0.39 is 0 Å². The molecule has 1 heterocycles. The molecular formula is C13H12Br2ClN3. The molecule has 0 amide bonds. The molecule has 0 aliphatic carbocycles. The molecule has 19 heavy (non-hydrogen) atoms. The van der Waals surface area contributed by atoms with E-state index in [9.17, 15) is 0 Å². The van der Waals surface area contributed by atoms with Crippen molar-refractivity contribution < 1.29 is 0 Å². The second-order valence-corrected chi connectivity index (χ2v) is 6.50. The summed E-state index contributed by atoms with van der Waals surface area (Å²) in [6.45, 7) is 4.07. The quantitative estimate of drug-likeness (QED) is 0.683. The first kappa shape index (κ1) is 14.8. The molecule has 0 aliphatic rings. The molecule has 1 aromatic heterocycles. The van der Waals surface area contributed by atoms with Gasteiger partial charge in [0.05, 0.1) is 5.69 Å². The van der Waals surface area contributed by atoms with E-state index in [1.165, 1.54) is 0 Å². The Morgan fingerprint density at radius 1 is 1.16 bits per heavy atom. The zero-order valence-electron chi connectivity index (χ0n) is 10.4. The van der Waals surface area contributed by atoms with Crippen molar-refractivity contribution in [1.82, 2.24) is 9.97 Å². The fraction of sp³-hybridized carbons (Fsp3) is 0.231. The summed E-state index contributed by atoms with van der Waals surface area (Å²) < 4.78 is 1.95. The summed E-state index contributed by atoms with van der Waals surface area (Å²) in [6.07, 6.45) is 0. The monoisotopic (exact) mass is 403 g/mol. The average Bonchev–Trinajstić information content (AvgIpc) is 2.32. The Bertz CT molecular complexity index is 602.